The Balaban J connectivity index is 1.17. The van der Waals surface area contributed by atoms with Gasteiger partial charge in [0.2, 0.25) is 0 Å². The first-order valence-corrected chi connectivity index (χ1v) is 15.0. The first-order valence-electron chi connectivity index (χ1n) is 14.1. The van der Waals surface area contributed by atoms with E-state index in [1.807, 2.05) is 38.1 Å². The Morgan fingerprint density at radius 2 is 1.98 bits per heavy atom. The van der Waals surface area contributed by atoms with E-state index in [1.54, 1.807) is 12.1 Å². The van der Waals surface area contributed by atoms with Crippen molar-refractivity contribution in [1.82, 2.24) is 10.3 Å². The third-order valence-corrected chi connectivity index (χ3v) is 8.79. The maximum atomic E-state index is 12.7. The number of hydroxylamine groups is 1. The van der Waals surface area contributed by atoms with Crippen LogP contribution in [0.2, 0.25) is 0 Å². The standard InChI is InChI=1S/C30H30F3N5O5S/c1-29(2)15-22-25(26(40)36-29)44-28(35-22)37-10-11-42-16-21(37)13-17-4-3-5-19(12-17)34-20-7-8-23-18(14-20)6-9-24(39)38(23)43-27(41)30(31,32)33/h3-5,7-8,12,14,21,34H,6,9-11,13,15-16H2,1-2H3,(H,36,40). The molecule has 0 saturated carbocycles. The molecule has 2 amide bonds. The summed E-state index contributed by atoms with van der Waals surface area (Å²) in [5.41, 5.74) is 3.65. The quantitative estimate of drug-likeness (QED) is 0.404. The number of aryl methyl sites for hydroxylation is 1. The lowest BCUT2D eigenvalue weighted by molar-refractivity contribution is -0.201. The molecule has 10 nitrogen and oxygen atoms in total. The van der Waals surface area contributed by atoms with E-state index in [-0.39, 0.29) is 29.6 Å². The Bertz CT molecular complexity index is 1620. The van der Waals surface area contributed by atoms with Crippen LogP contribution >= 0.6 is 11.3 Å². The average Bonchev–Trinajstić information content (AvgIpc) is 3.38. The smallest absolute Gasteiger partial charge is 0.377 e. The van der Waals surface area contributed by atoms with Gasteiger partial charge in [-0.1, -0.05) is 23.5 Å². The van der Waals surface area contributed by atoms with Crippen molar-refractivity contribution in [1.29, 1.82) is 0 Å². The molecule has 44 heavy (non-hydrogen) atoms. The molecule has 1 aromatic heterocycles. The molecule has 232 valence electrons. The second kappa shape index (κ2) is 11.4. The molecule has 1 fully saturated rings. The lowest BCUT2D eigenvalue weighted by Gasteiger charge is -2.35. The molecule has 6 rings (SSSR count). The summed E-state index contributed by atoms with van der Waals surface area (Å²) in [6, 6.07) is 12.6. The van der Waals surface area contributed by atoms with Crippen LogP contribution in [0.15, 0.2) is 42.5 Å². The molecule has 0 spiro atoms. The third-order valence-electron chi connectivity index (χ3n) is 7.65. The van der Waals surface area contributed by atoms with Crippen LogP contribution in [0, 0.1) is 0 Å². The van der Waals surface area contributed by atoms with Crippen molar-refractivity contribution >= 4 is 51.3 Å². The Hall–Kier alpha value is -4.17. The fourth-order valence-electron chi connectivity index (χ4n) is 5.65. The largest absolute Gasteiger partial charge is 0.493 e. The number of benzene rings is 2. The number of aromatic nitrogens is 1. The topological polar surface area (TPSA) is 113 Å². The van der Waals surface area contributed by atoms with Crippen molar-refractivity contribution in [3.05, 3.63) is 64.2 Å². The maximum absolute atomic E-state index is 12.7. The van der Waals surface area contributed by atoms with Crippen molar-refractivity contribution in [3.63, 3.8) is 0 Å². The number of amides is 2. The Morgan fingerprint density at radius 1 is 1.18 bits per heavy atom. The van der Waals surface area contributed by atoms with Crippen molar-refractivity contribution < 1.29 is 37.1 Å². The molecule has 0 radical (unpaired) electrons. The summed E-state index contributed by atoms with van der Waals surface area (Å²) in [6.45, 7) is 5.71. The zero-order valence-corrected chi connectivity index (χ0v) is 24.8. The molecule has 3 aromatic rings. The van der Waals surface area contributed by atoms with Crippen molar-refractivity contribution in [2.45, 2.75) is 57.3 Å². The van der Waals surface area contributed by atoms with E-state index in [1.165, 1.54) is 17.4 Å². The summed E-state index contributed by atoms with van der Waals surface area (Å²) in [6.07, 6.45) is -3.69. The third kappa shape index (κ3) is 6.22. The van der Waals surface area contributed by atoms with Gasteiger partial charge in [0.25, 0.3) is 11.8 Å². The Kier molecular flexibility index (Phi) is 7.74. The summed E-state index contributed by atoms with van der Waals surface area (Å²) in [5.74, 6) is -3.27. The number of hydrogen-bond donors (Lipinski definition) is 2. The normalized spacial score (nSPS) is 19.6. The fourth-order valence-corrected chi connectivity index (χ4v) is 6.73. The predicted molar refractivity (Wildman–Crippen MR) is 157 cm³/mol. The minimum Gasteiger partial charge on any atom is -0.377 e. The second-order valence-corrected chi connectivity index (χ2v) is 12.6. The lowest BCUT2D eigenvalue weighted by atomic mass is 9.94. The van der Waals surface area contributed by atoms with Crippen LogP contribution in [0.25, 0.3) is 0 Å². The van der Waals surface area contributed by atoms with Gasteiger partial charge >= 0.3 is 12.1 Å². The number of thiazole rings is 1. The molecule has 1 unspecified atom stereocenters. The number of carbonyl (C=O) groups is 3. The van der Waals surface area contributed by atoms with Crippen LogP contribution in [0.3, 0.4) is 0 Å². The van der Waals surface area contributed by atoms with Crippen LogP contribution in [0.5, 0.6) is 0 Å². The molecule has 0 aliphatic carbocycles. The first kappa shape index (κ1) is 29.9. The molecular formula is C30H30F3N5O5S. The summed E-state index contributed by atoms with van der Waals surface area (Å²) >= 11 is 1.41. The van der Waals surface area contributed by atoms with Gasteiger partial charge in [0.05, 0.1) is 30.6 Å². The molecule has 3 aliphatic rings. The van der Waals surface area contributed by atoms with Gasteiger partial charge in [-0.25, -0.2) is 9.78 Å². The van der Waals surface area contributed by atoms with Crippen molar-refractivity contribution in [2.24, 2.45) is 0 Å². The Morgan fingerprint density at radius 3 is 2.77 bits per heavy atom. The van der Waals surface area contributed by atoms with Gasteiger partial charge in [-0.15, -0.1) is 5.06 Å². The molecule has 2 aromatic carbocycles. The number of nitrogens with one attached hydrogen (secondary N) is 2. The van der Waals surface area contributed by atoms with E-state index in [2.05, 4.69) is 20.4 Å². The van der Waals surface area contributed by atoms with Gasteiger partial charge in [-0.2, -0.15) is 13.2 Å². The zero-order valence-electron chi connectivity index (χ0n) is 24.0. The number of hydrogen-bond acceptors (Lipinski definition) is 9. The van der Waals surface area contributed by atoms with Crippen LogP contribution in [0.1, 0.15) is 46.8 Å². The number of rotatable bonds is 6. The number of nitrogens with zero attached hydrogens (tertiary/aromatic N) is 3. The highest BCUT2D eigenvalue weighted by Gasteiger charge is 2.44. The lowest BCUT2D eigenvalue weighted by Crippen LogP contribution is -2.48. The number of halogens is 3. The number of alkyl halides is 3. The molecule has 3 aliphatic heterocycles. The summed E-state index contributed by atoms with van der Waals surface area (Å²) in [4.78, 5) is 48.4. The van der Waals surface area contributed by atoms with Gasteiger partial charge in [0, 0.05) is 36.3 Å². The number of ether oxygens (including phenoxy) is 1. The number of anilines is 4. The molecule has 4 heterocycles. The van der Waals surface area contributed by atoms with Crippen LogP contribution < -0.4 is 20.6 Å². The molecule has 14 heteroatoms. The number of fused-ring (bicyclic) bond motifs is 2. The van der Waals surface area contributed by atoms with Crippen LogP contribution in [-0.4, -0.2) is 60.3 Å². The molecule has 1 saturated heterocycles. The maximum Gasteiger partial charge on any atom is 0.493 e. The highest BCUT2D eigenvalue weighted by Crippen LogP contribution is 2.35. The predicted octanol–water partition coefficient (Wildman–Crippen LogP) is 4.70. The molecule has 0 bridgehead atoms. The van der Waals surface area contributed by atoms with Crippen LogP contribution in [0.4, 0.5) is 35.4 Å². The molecule has 1 atom stereocenters. The van der Waals surface area contributed by atoms with E-state index >= 15 is 0 Å². The van der Waals surface area contributed by atoms with E-state index in [0.29, 0.717) is 60.2 Å². The van der Waals surface area contributed by atoms with Crippen molar-refractivity contribution in [3.8, 4) is 0 Å². The van der Waals surface area contributed by atoms with Gasteiger partial charge in [-0.3, -0.25) is 9.59 Å². The second-order valence-electron chi connectivity index (χ2n) is 11.6. The molecular weight excluding hydrogens is 599 g/mol. The average molecular weight is 630 g/mol. The van der Waals surface area contributed by atoms with E-state index in [4.69, 9.17) is 9.72 Å². The minimum absolute atomic E-state index is 0.00866. The zero-order chi connectivity index (χ0) is 31.2. The van der Waals surface area contributed by atoms with Gasteiger partial charge in [0.1, 0.15) is 4.88 Å². The number of morpholine rings is 1. The molecule has 2 N–H and O–H groups in total. The first-order chi connectivity index (χ1) is 20.9. The highest BCUT2D eigenvalue weighted by atomic mass is 32.1. The number of carbonyl (C=O) groups excluding carboxylic acids is 3. The van der Waals surface area contributed by atoms with Crippen molar-refractivity contribution in [2.75, 3.05) is 35.0 Å². The fraction of sp³-hybridized carbons (Fsp3) is 0.400. The minimum atomic E-state index is -5.22. The SMILES string of the molecule is CC1(C)Cc2nc(N3CCOCC3Cc3cccc(Nc4ccc5c(c4)CCC(=O)N5OC(=O)C(F)(F)F)c3)sc2C(=O)N1. The van der Waals surface area contributed by atoms with E-state index in [0.717, 1.165) is 22.1 Å². The van der Waals surface area contributed by atoms with Gasteiger partial charge in [-0.05, 0) is 68.1 Å². The van der Waals surface area contributed by atoms with Gasteiger partial charge in [0.15, 0.2) is 5.13 Å². The monoisotopic (exact) mass is 629 g/mol. The summed E-state index contributed by atoms with van der Waals surface area (Å²) in [5, 5.41) is 7.60. The van der Waals surface area contributed by atoms with Crippen LogP contribution in [-0.2, 0) is 38.4 Å². The van der Waals surface area contributed by atoms with E-state index < -0.39 is 18.1 Å². The highest BCUT2D eigenvalue weighted by molar-refractivity contribution is 7.17. The van der Waals surface area contributed by atoms with Gasteiger partial charge < -0.3 is 25.1 Å². The Labute approximate surface area is 255 Å². The van der Waals surface area contributed by atoms with E-state index in [9.17, 15) is 27.6 Å². The summed E-state index contributed by atoms with van der Waals surface area (Å²) < 4.78 is 44.0. The summed E-state index contributed by atoms with van der Waals surface area (Å²) in [7, 11) is 0.